The molecule has 5 nitrogen and oxygen atoms in total. The second kappa shape index (κ2) is 11.2. The molecule has 3 aromatic rings. The summed E-state index contributed by atoms with van der Waals surface area (Å²) in [7, 11) is 0. The molecule has 4 rings (SSSR count). The Morgan fingerprint density at radius 3 is 2.44 bits per heavy atom. The molecule has 34 heavy (non-hydrogen) atoms. The van der Waals surface area contributed by atoms with Crippen LogP contribution in [0.25, 0.3) is 0 Å². The summed E-state index contributed by atoms with van der Waals surface area (Å²) in [5.74, 6) is 0.795. The summed E-state index contributed by atoms with van der Waals surface area (Å²) in [4.78, 5) is 5.07. The molecule has 0 spiro atoms. The summed E-state index contributed by atoms with van der Waals surface area (Å²) >= 11 is 0. The Morgan fingerprint density at radius 2 is 1.76 bits per heavy atom. The highest BCUT2D eigenvalue weighted by Crippen LogP contribution is 2.34. The molecule has 1 atom stereocenters. The van der Waals surface area contributed by atoms with Gasteiger partial charge in [-0.1, -0.05) is 42.0 Å². The lowest BCUT2D eigenvalue weighted by Gasteiger charge is -2.44. The van der Waals surface area contributed by atoms with Crippen molar-refractivity contribution in [3.63, 3.8) is 0 Å². The smallest absolute Gasteiger partial charge is 0.119 e. The summed E-state index contributed by atoms with van der Waals surface area (Å²) in [6, 6.07) is 25.5. The first-order valence-corrected chi connectivity index (χ1v) is 12.0. The molecule has 1 fully saturated rings. The first kappa shape index (κ1) is 23.8. The van der Waals surface area contributed by atoms with Crippen molar-refractivity contribution in [3.05, 3.63) is 94.5 Å². The largest absolute Gasteiger partial charge is 0.491 e. The van der Waals surface area contributed by atoms with Crippen molar-refractivity contribution in [2.45, 2.75) is 26.3 Å². The van der Waals surface area contributed by atoms with Crippen molar-refractivity contribution in [1.82, 2.24) is 4.90 Å². The second-order valence-corrected chi connectivity index (χ2v) is 9.00. The van der Waals surface area contributed by atoms with E-state index in [9.17, 15) is 0 Å². The summed E-state index contributed by atoms with van der Waals surface area (Å²) < 4.78 is 5.61. The van der Waals surface area contributed by atoms with Crippen molar-refractivity contribution in [2.24, 2.45) is 0 Å². The Balaban J connectivity index is 1.52. The molecule has 0 radical (unpaired) electrons. The Bertz CT molecular complexity index is 1120. The quantitative estimate of drug-likeness (QED) is 0.536. The third kappa shape index (κ3) is 5.77. The normalized spacial score (nSPS) is 16.3. The van der Waals surface area contributed by atoms with E-state index in [1.165, 1.54) is 27.9 Å². The van der Waals surface area contributed by atoms with E-state index in [-0.39, 0.29) is 12.6 Å². The Labute approximate surface area is 202 Å². The molecule has 3 aromatic carbocycles. The fourth-order valence-electron chi connectivity index (χ4n) is 4.64. The van der Waals surface area contributed by atoms with Gasteiger partial charge in [-0.05, 0) is 67.3 Å². The molecule has 0 bridgehead atoms. The van der Waals surface area contributed by atoms with Crippen LogP contribution in [0.4, 0.5) is 5.69 Å². The zero-order valence-corrected chi connectivity index (χ0v) is 20.1. The topological polar surface area (TPSA) is 59.7 Å². The highest BCUT2D eigenvalue weighted by molar-refractivity contribution is 5.58. The zero-order chi connectivity index (χ0) is 23.9. The number of nitriles is 1. The molecule has 1 N–H and O–H groups in total. The van der Waals surface area contributed by atoms with Crippen LogP contribution >= 0.6 is 0 Å². The zero-order valence-electron chi connectivity index (χ0n) is 20.1. The van der Waals surface area contributed by atoms with Crippen LogP contribution in [0.5, 0.6) is 5.75 Å². The van der Waals surface area contributed by atoms with E-state index >= 15 is 0 Å². The van der Waals surface area contributed by atoms with Crippen LogP contribution < -0.4 is 9.64 Å². The van der Waals surface area contributed by atoms with Gasteiger partial charge in [-0.3, -0.25) is 4.90 Å². The van der Waals surface area contributed by atoms with Gasteiger partial charge in [-0.15, -0.1) is 0 Å². The highest BCUT2D eigenvalue weighted by atomic mass is 16.5. The van der Waals surface area contributed by atoms with Gasteiger partial charge in [0.2, 0.25) is 0 Å². The minimum atomic E-state index is 0.0146. The molecule has 0 aliphatic carbocycles. The maximum atomic E-state index is 9.05. The standard InChI is InChI=1S/C29H33N3O2/c1-22-3-9-26(10-4-22)29-21-31(14-13-24-5-7-25(20-30)8-6-24)15-16-32(29)28-12-11-27(19-23(28)2)34-18-17-33/h3-12,19,29,33H,13-18,21H2,1-2H3/t29-/m0/s1. The molecule has 0 unspecified atom stereocenters. The number of hydrogen-bond acceptors (Lipinski definition) is 5. The van der Waals surface area contributed by atoms with Crippen LogP contribution in [0, 0.1) is 25.2 Å². The van der Waals surface area contributed by atoms with Gasteiger partial charge in [0, 0.05) is 31.9 Å². The number of rotatable bonds is 8. The number of piperazine rings is 1. The van der Waals surface area contributed by atoms with E-state index in [0.29, 0.717) is 12.2 Å². The molecule has 1 heterocycles. The molecule has 5 heteroatoms. The third-order valence-electron chi connectivity index (χ3n) is 6.56. The fourth-order valence-corrected chi connectivity index (χ4v) is 4.64. The molecule has 1 aliphatic rings. The number of nitrogens with zero attached hydrogens (tertiary/aromatic N) is 3. The molecule has 176 valence electrons. The average Bonchev–Trinajstić information content (AvgIpc) is 2.87. The van der Waals surface area contributed by atoms with Gasteiger partial charge >= 0.3 is 0 Å². The summed E-state index contributed by atoms with van der Waals surface area (Å²) in [5.41, 5.74) is 6.98. The van der Waals surface area contributed by atoms with Gasteiger partial charge in [-0.2, -0.15) is 5.26 Å². The minimum Gasteiger partial charge on any atom is -0.491 e. The molecule has 1 aliphatic heterocycles. The van der Waals surface area contributed by atoms with Gasteiger partial charge in [0.25, 0.3) is 0 Å². The van der Waals surface area contributed by atoms with E-state index in [1.54, 1.807) is 0 Å². The number of hydrogen-bond donors (Lipinski definition) is 1. The predicted octanol–water partition coefficient (Wildman–Crippen LogP) is 4.65. The SMILES string of the molecule is Cc1ccc([C@@H]2CN(CCc3ccc(C#N)cc3)CCN2c2ccc(OCCO)cc2C)cc1. The fraction of sp³-hybridized carbons (Fsp3) is 0.345. The summed E-state index contributed by atoms with van der Waals surface area (Å²) in [6.07, 6.45) is 0.974. The molecular weight excluding hydrogens is 422 g/mol. The Kier molecular flexibility index (Phi) is 7.84. The number of ether oxygens (including phenoxy) is 1. The maximum absolute atomic E-state index is 9.05. The van der Waals surface area contributed by atoms with Crippen LogP contribution in [0.3, 0.4) is 0 Å². The lowest BCUT2D eigenvalue weighted by Crippen LogP contribution is -2.49. The van der Waals surface area contributed by atoms with E-state index in [0.717, 1.165) is 38.3 Å². The van der Waals surface area contributed by atoms with E-state index in [4.69, 9.17) is 15.1 Å². The molecule has 0 aromatic heterocycles. The number of benzene rings is 3. The lowest BCUT2D eigenvalue weighted by molar-refractivity contribution is 0.201. The molecule has 0 saturated carbocycles. The van der Waals surface area contributed by atoms with Gasteiger partial charge in [0.05, 0.1) is 24.3 Å². The second-order valence-electron chi connectivity index (χ2n) is 9.00. The lowest BCUT2D eigenvalue weighted by atomic mass is 9.98. The maximum Gasteiger partial charge on any atom is 0.119 e. The number of anilines is 1. The van der Waals surface area contributed by atoms with E-state index < -0.39 is 0 Å². The van der Waals surface area contributed by atoms with Crippen LogP contribution in [0.2, 0.25) is 0 Å². The summed E-state index contributed by atoms with van der Waals surface area (Å²) in [5, 5.41) is 18.1. The predicted molar refractivity (Wildman–Crippen MR) is 136 cm³/mol. The van der Waals surface area contributed by atoms with Crippen molar-refractivity contribution >= 4 is 5.69 Å². The van der Waals surface area contributed by atoms with E-state index in [2.05, 4.69) is 78.2 Å². The van der Waals surface area contributed by atoms with Crippen molar-refractivity contribution in [2.75, 3.05) is 44.3 Å². The average molecular weight is 456 g/mol. The van der Waals surface area contributed by atoms with Crippen LogP contribution in [0.1, 0.15) is 33.9 Å². The molecular formula is C29H33N3O2. The monoisotopic (exact) mass is 455 g/mol. The Morgan fingerprint density at radius 1 is 1.00 bits per heavy atom. The van der Waals surface area contributed by atoms with E-state index in [1.807, 2.05) is 18.2 Å². The number of aryl methyl sites for hydroxylation is 2. The van der Waals surface area contributed by atoms with Gasteiger partial charge in [0.15, 0.2) is 0 Å². The third-order valence-corrected chi connectivity index (χ3v) is 6.56. The minimum absolute atomic E-state index is 0.0146. The molecule has 1 saturated heterocycles. The van der Waals surface area contributed by atoms with Crippen LogP contribution in [0.15, 0.2) is 66.7 Å². The first-order valence-electron chi connectivity index (χ1n) is 12.0. The van der Waals surface area contributed by atoms with Crippen molar-refractivity contribution in [1.29, 1.82) is 5.26 Å². The van der Waals surface area contributed by atoms with Crippen LogP contribution in [-0.4, -0.2) is 49.4 Å². The first-order chi connectivity index (χ1) is 16.6. The number of aliphatic hydroxyl groups is 1. The Hall–Kier alpha value is -3.33. The summed E-state index contributed by atoms with van der Waals surface area (Å²) in [6.45, 7) is 8.48. The van der Waals surface area contributed by atoms with Crippen molar-refractivity contribution < 1.29 is 9.84 Å². The molecule has 0 amide bonds. The van der Waals surface area contributed by atoms with Crippen LogP contribution in [-0.2, 0) is 6.42 Å². The van der Waals surface area contributed by atoms with Crippen molar-refractivity contribution in [3.8, 4) is 11.8 Å². The van der Waals surface area contributed by atoms with Gasteiger partial charge < -0.3 is 14.7 Å². The van der Waals surface area contributed by atoms with Gasteiger partial charge in [-0.25, -0.2) is 0 Å². The number of aliphatic hydroxyl groups excluding tert-OH is 1. The highest BCUT2D eigenvalue weighted by Gasteiger charge is 2.29. The van der Waals surface area contributed by atoms with Gasteiger partial charge in [0.1, 0.15) is 12.4 Å².